The molecule has 0 aromatic carbocycles. The Labute approximate surface area is 93.0 Å². The zero-order valence-electron chi connectivity index (χ0n) is 10.2. The molecule has 0 aromatic rings. The Morgan fingerprint density at radius 3 is 1.64 bits per heavy atom. The molecule has 0 spiro atoms. The van der Waals surface area contributed by atoms with Crippen LogP contribution in [-0.4, -0.2) is 12.3 Å². The predicted molar refractivity (Wildman–Crippen MR) is 69.6 cm³/mol. The van der Waals surface area contributed by atoms with E-state index < -0.39 is 0 Å². The zero-order valence-corrected chi connectivity index (χ0v) is 11.1. The van der Waals surface area contributed by atoms with Gasteiger partial charge in [0.2, 0.25) is 0 Å². The largest absolute Gasteiger partial charge is 0.0810 e. The molecule has 0 fully saturated rings. The Bertz CT molecular complexity index is 79.2. The molecule has 0 bridgehead atoms. The van der Waals surface area contributed by atoms with Gasteiger partial charge in [0, 0.05) is 0 Å². The van der Waals surface area contributed by atoms with Crippen LogP contribution in [0.3, 0.4) is 0 Å². The van der Waals surface area contributed by atoms with Gasteiger partial charge in [-0.25, -0.2) is 0 Å². The highest BCUT2D eigenvalue weighted by atomic mass is 31.1. The van der Waals surface area contributed by atoms with E-state index in [4.69, 9.17) is 0 Å². The molecule has 0 aromatic heterocycles. The lowest BCUT2D eigenvalue weighted by molar-refractivity contribution is 0.626. The Kier molecular flexibility index (Phi) is 13.8. The molecule has 1 heteroatoms. The topological polar surface area (TPSA) is 0 Å². The smallest absolute Gasteiger partial charge is 0.0287 e. The molecule has 0 unspecified atom stereocenters. The maximum Gasteiger partial charge on any atom is -0.0287 e. The van der Waals surface area contributed by atoms with Crippen LogP contribution in [0.15, 0.2) is 0 Å². The molecule has 0 aliphatic carbocycles. The predicted octanol–water partition coefficient (Wildman–Crippen LogP) is 5.48. The fraction of sp³-hybridized carbons (Fsp3) is 1.00. The van der Waals surface area contributed by atoms with Gasteiger partial charge >= 0.3 is 0 Å². The summed E-state index contributed by atoms with van der Waals surface area (Å²) in [5, 5.41) is 0. The molecule has 0 saturated heterocycles. The van der Waals surface area contributed by atoms with Crippen LogP contribution in [-0.2, 0) is 0 Å². The first-order chi connectivity index (χ1) is 6.91. The molecule has 85 valence electrons. The van der Waals surface area contributed by atoms with Gasteiger partial charge in [-0.05, 0) is 25.2 Å². The Morgan fingerprint density at radius 2 is 1.00 bits per heavy atom. The third kappa shape index (κ3) is 12.4. The van der Waals surface area contributed by atoms with E-state index in [1.807, 2.05) is 0 Å². The van der Waals surface area contributed by atoms with E-state index in [2.05, 4.69) is 13.8 Å². The lowest BCUT2D eigenvalue weighted by Gasteiger charge is -2.01. The number of rotatable bonds is 11. The molecule has 0 atom stereocenters. The first kappa shape index (κ1) is 14.4. The van der Waals surface area contributed by atoms with Gasteiger partial charge in [0.05, 0.1) is 0 Å². The minimum atomic E-state index is 1.37. The number of hydrogen-bond donors (Lipinski definition) is 0. The van der Waals surface area contributed by atoms with Gasteiger partial charge in [0.15, 0.2) is 0 Å². The average molecular weight is 215 g/mol. The van der Waals surface area contributed by atoms with Crippen LogP contribution in [0.5, 0.6) is 0 Å². The number of unbranched alkanes of at least 4 members (excludes halogenated alkanes) is 7. The summed E-state index contributed by atoms with van der Waals surface area (Å²) in [7, 11) is 1.71. The van der Waals surface area contributed by atoms with Crippen molar-refractivity contribution in [1.29, 1.82) is 0 Å². The van der Waals surface area contributed by atoms with Gasteiger partial charge in [0.25, 0.3) is 0 Å². The Balaban J connectivity index is 2.78. The summed E-state index contributed by atoms with van der Waals surface area (Å²) >= 11 is 0. The van der Waals surface area contributed by atoms with Gasteiger partial charge in [-0.2, -0.15) is 0 Å². The Morgan fingerprint density at radius 1 is 0.571 bits per heavy atom. The van der Waals surface area contributed by atoms with Gasteiger partial charge < -0.3 is 0 Å². The molecule has 0 heterocycles. The van der Waals surface area contributed by atoms with Crippen LogP contribution in [0.4, 0.5) is 0 Å². The van der Waals surface area contributed by atoms with E-state index in [9.17, 15) is 0 Å². The van der Waals surface area contributed by atoms with Crippen LogP contribution in [0.2, 0.25) is 0 Å². The van der Waals surface area contributed by atoms with E-state index in [1.54, 1.807) is 8.58 Å². The van der Waals surface area contributed by atoms with Crippen molar-refractivity contribution >= 4 is 8.58 Å². The highest BCUT2D eigenvalue weighted by Gasteiger charge is 1.92. The average Bonchev–Trinajstić information content (AvgIpc) is 2.21. The minimum Gasteiger partial charge on any atom is -0.0810 e. The van der Waals surface area contributed by atoms with Crippen LogP contribution in [0.1, 0.15) is 71.6 Å². The molecule has 14 heavy (non-hydrogen) atoms. The van der Waals surface area contributed by atoms with E-state index in [0.717, 1.165) is 0 Å². The maximum absolute atomic E-state index is 2.28. The summed E-state index contributed by atoms with van der Waals surface area (Å²) in [6, 6.07) is 0. The van der Waals surface area contributed by atoms with Gasteiger partial charge in [-0.3, -0.25) is 0 Å². The molecule has 0 aliphatic rings. The third-order valence-electron chi connectivity index (χ3n) is 2.59. The summed E-state index contributed by atoms with van der Waals surface area (Å²) in [5.74, 6) is 0. The standard InChI is InChI=1S/C13H28P/c1-3-5-7-8-9-11-13-14-12-10-6-4-2/h3-13H2,1-2H3. The van der Waals surface area contributed by atoms with Gasteiger partial charge in [0.1, 0.15) is 0 Å². The summed E-state index contributed by atoms with van der Waals surface area (Å²) in [6.07, 6.45) is 15.8. The van der Waals surface area contributed by atoms with Crippen molar-refractivity contribution in [3.05, 3.63) is 0 Å². The summed E-state index contributed by atoms with van der Waals surface area (Å²) in [5.41, 5.74) is 0. The van der Waals surface area contributed by atoms with Crippen LogP contribution in [0, 0.1) is 0 Å². The lowest BCUT2D eigenvalue weighted by atomic mass is 10.1. The van der Waals surface area contributed by atoms with E-state index in [-0.39, 0.29) is 0 Å². The molecule has 0 saturated carbocycles. The number of hydrogen-bond acceptors (Lipinski definition) is 0. The van der Waals surface area contributed by atoms with Crippen LogP contribution >= 0.6 is 8.58 Å². The first-order valence-corrected chi connectivity index (χ1v) is 7.81. The van der Waals surface area contributed by atoms with Crippen molar-refractivity contribution in [3.8, 4) is 0 Å². The lowest BCUT2D eigenvalue weighted by Crippen LogP contribution is -1.83. The maximum atomic E-state index is 2.28. The SMILES string of the molecule is CCCCCCCC[P]CCCCC. The molecular formula is C13H28P. The second kappa shape index (κ2) is 13.4. The van der Waals surface area contributed by atoms with Gasteiger partial charge in [-0.1, -0.05) is 67.4 Å². The van der Waals surface area contributed by atoms with Gasteiger partial charge in [-0.15, -0.1) is 0 Å². The van der Waals surface area contributed by atoms with E-state index in [1.165, 1.54) is 70.1 Å². The van der Waals surface area contributed by atoms with Crippen molar-refractivity contribution in [2.24, 2.45) is 0 Å². The molecule has 0 nitrogen and oxygen atoms in total. The molecule has 1 radical (unpaired) electrons. The molecule has 0 rings (SSSR count). The van der Waals surface area contributed by atoms with Crippen molar-refractivity contribution in [1.82, 2.24) is 0 Å². The summed E-state index contributed by atoms with van der Waals surface area (Å²) in [4.78, 5) is 0. The monoisotopic (exact) mass is 215 g/mol. The van der Waals surface area contributed by atoms with Crippen molar-refractivity contribution in [3.63, 3.8) is 0 Å². The van der Waals surface area contributed by atoms with Crippen molar-refractivity contribution in [2.45, 2.75) is 71.6 Å². The van der Waals surface area contributed by atoms with Crippen molar-refractivity contribution in [2.75, 3.05) is 12.3 Å². The third-order valence-corrected chi connectivity index (χ3v) is 3.85. The molecule has 0 amide bonds. The van der Waals surface area contributed by atoms with Crippen LogP contribution < -0.4 is 0 Å². The summed E-state index contributed by atoms with van der Waals surface area (Å²) < 4.78 is 0. The Hall–Kier alpha value is 0.430. The quantitative estimate of drug-likeness (QED) is 0.316. The normalized spacial score (nSPS) is 11.6. The highest BCUT2D eigenvalue weighted by Crippen LogP contribution is 2.16. The fourth-order valence-corrected chi connectivity index (χ4v) is 2.71. The fourth-order valence-electron chi connectivity index (χ4n) is 1.59. The second-order valence-corrected chi connectivity index (χ2v) is 5.49. The highest BCUT2D eigenvalue weighted by molar-refractivity contribution is 7.37. The molecular weight excluding hydrogens is 187 g/mol. The molecule has 0 N–H and O–H groups in total. The van der Waals surface area contributed by atoms with E-state index in [0.29, 0.717) is 0 Å². The van der Waals surface area contributed by atoms with Crippen LogP contribution in [0.25, 0.3) is 0 Å². The van der Waals surface area contributed by atoms with E-state index >= 15 is 0 Å². The first-order valence-electron chi connectivity index (χ1n) is 6.55. The minimum absolute atomic E-state index is 1.37. The van der Waals surface area contributed by atoms with Crippen molar-refractivity contribution < 1.29 is 0 Å². The molecule has 0 aliphatic heterocycles. The zero-order chi connectivity index (χ0) is 10.5. The summed E-state index contributed by atoms with van der Waals surface area (Å²) in [6.45, 7) is 4.57. The second-order valence-electron chi connectivity index (χ2n) is 4.15.